The van der Waals surface area contributed by atoms with Crippen LogP contribution in [0.25, 0.3) is 22.2 Å². The van der Waals surface area contributed by atoms with E-state index < -0.39 is 0 Å². The summed E-state index contributed by atoms with van der Waals surface area (Å²) in [7, 11) is 4.01. The molecule has 0 saturated carbocycles. The van der Waals surface area contributed by atoms with E-state index in [2.05, 4.69) is 30.1 Å². The van der Waals surface area contributed by atoms with Gasteiger partial charge < -0.3 is 10.2 Å². The number of halogens is 1. The molecule has 0 spiro atoms. The van der Waals surface area contributed by atoms with Crippen LogP contribution in [0, 0.1) is 5.82 Å². The Balaban J connectivity index is 2.18. The van der Waals surface area contributed by atoms with E-state index in [1.54, 1.807) is 6.07 Å². The second kappa shape index (κ2) is 6.48. The Labute approximate surface area is 142 Å². The van der Waals surface area contributed by atoms with Crippen molar-refractivity contribution in [3.05, 3.63) is 54.3 Å². The predicted octanol–water partition coefficient (Wildman–Crippen LogP) is 4.93. The molecule has 0 aliphatic heterocycles. The van der Waals surface area contributed by atoms with Crippen molar-refractivity contribution in [3.63, 3.8) is 0 Å². The molecule has 1 aromatic heterocycles. The number of fused-ring (bicyclic) bond motifs is 1. The fraction of sp³-hybridized carbons (Fsp3) is 0.250. The Morgan fingerprint density at radius 3 is 2.50 bits per heavy atom. The zero-order valence-electron chi connectivity index (χ0n) is 14.5. The van der Waals surface area contributed by atoms with Gasteiger partial charge in [0.15, 0.2) is 0 Å². The third-order valence-electron chi connectivity index (χ3n) is 3.84. The van der Waals surface area contributed by atoms with E-state index in [-0.39, 0.29) is 5.82 Å². The maximum absolute atomic E-state index is 13.6. The van der Waals surface area contributed by atoms with Gasteiger partial charge in [0.25, 0.3) is 0 Å². The van der Waals surface area contributed by atoms with Crippen LogP contribution in [-0.2, 0) is 0 Å². The van der Waals surface area contributed by atoms with Gasteiger partial charge in [0.1, 0.15) is 5.82 Å². The van der Waals surface area contributed by atoms with Crippen molar-refractivity contribution in [2.45, 2.75) is 19.9 Å². The highest BCUT2D eigenvalue weighted by Crippen LogP contribution is 2.32. The molecule has 0 radical (unpaired) electrons. The summed E-state index contributed by atoms with van der Waals surface area (Å²) in [5.41, 5.74) is 4.59. The lowest BCUT2D eigenvalue weighted by atomic mass is 10.1. The number of nitrogens with zero attached hydrogens (tertiary/aromatic N) is 2. The summed E-state index contributed by atoms with van der Waals surface area (Å²) in [6, 6.07) is 15.1. The van der Waals surface area contributed by atoms with Crippen LogP contribution in [-0.4, -0.2) is 25.1 Å². The fourth-order valence-corrected chi connectivity index (χ4v) is 2.80. The van der Waals surface area contributed by atoms with Crippen molar-refractivity contribution in [3.8, 4) is 11.3 Å². The van der Waals surface area contributed by atoms with E-state index in [1.807, 2.05) is 38.4 Å². The number of hydrogen-bond donors (Lipinski definition) is 1. The highest BCUT2D eigenvalue weighted by Gasteiger charge is 2.11. The van der Waals surface area contributed by atoms with Gasteiger partial charge in [0, 0.05) is 42.5 Å². The molecule has 0 amide bonds. The van der Waals surface area contributed by atoms with Crippen LogP contribution < -0.4 is 10.2 Å². The lowest BCUT2D eigenvalue weighted by molar-refractivity contribution is 0.628. The van der Waals surface area contributed by atoms with Crippen molar-refractivity contribution in [2.75, 3.05) is 24.3 Å². The van der Waals surface area contributed by atoms with Crippen LogP contribution in [0.4, 0.5) is 15.8 Å². The van der Waals surface area contributed by atoms with Gasteiger partial charge in [-0.25, -0.2) is 9.37 Å². The van der Waals surface area contributed by atoms with Gasteiger partial charge in [-0.1, -0.05) is 12.1 Å². The van der Waals surface area contributed by atoms with Gasteiger partial charge >= 0.3 is 0 Å². The molecule has 24 heavy (non-hydrogen) atoms. The molecule has 1 heterocycles. The molecule has 3 rings (SSSR count). The minimum absolute atomic E-state index is 0.253. The van der Waals surface area contributed by atoms with E-state index in [1.165, 1.54) is 12.1 Å². The lowest BCUT2D eigenvalue weighted by Gasteiger charge is -2.18. The predicted molar refractivity (Wildman–Crippen MR) is 100 cm³/mol. The second-order valence-electron chi connectivity index (χ2n) is 6.46. The summed E-state index contributed by atoms with van der Waals surface area (Å²) in [4.78, 5) is 6.79. The molecular formula is C20H22FN3. The van der Waals surface area contributed by atoms with E-state index in [0.29, 0.717) is 6.04 Å². The number of nitrogens with one attached hydrogen (secondary N) is 1. The number of pyridine rings is 1. The molecule has 1 N–H and O–H groups in total. The Morgan fingerprint density at radius 2 is 1.83 bits per heavy atom. The van der Waals surface area contributed by atoms with Crippen LogP contribution in [0.3, 0.4) is 0 Å². The second-order valence-corrected chi connectivity index (χ2v) is 6.46. The number of aromatic nitrogens is 1. The Hall–Kier alpha value is -2.62. The summed E-state index contributed by atoms with van der Waals surface area (Å²) >= 11 is 0. The van der Waals surface area contributed by atoms with Crippen LogP contribution in [0.15, 0.2) is 48.5 Å². The van der Waals surface area contributed by atoms with Gasteiger partial charge in [-0.15, -0.1) is 0 Å². The summed E-state index contributed by atoms with van der Waals surface area (Å²) in [6.07, 6.45) is 0. The largest absolute Gasteiger partial charge is 0.383 e. The molecule has 3 aromatic rings. The van der Waals surface area contributed by atoms with Crippen LogP contribution >= 0.6 is 0 Å². The smallest absolute Gasteiger partial charge is 0.123 e. The maximum Gasteiger partial charge on any atom is 0.123 e. The van der Waals surface area contributed by atoms with Crippen molar-refractivity contribution in [2.24, 2.45) is 0 Å². The van der Waals surface area contributed by atoms with Gasteiger partial charge in [-0.3, -0.25) is 0 Å². The molecular weight excluding hydrogens is 301 g/mol. The first-order valence-electron chi connectivity index (χ1n) is 8.08. The molecule has 2 aromatic carbocycles. The zero-order chi connectivity index (χ0) is 17.3. The minimum atomic E-state index is -0.253. The minimum Gasteiger partial charge on any atom is -0.383 e. The monoisotopic (exact) mass is 323 g/mol. The van der Waals surface area contributed by atoms with Crippen LogP contribution in [0.1, 0.15) is 13.8 Å². The van der Waals surface area contributed by atoms with E-state index in [0.717, 1.165) is 33.5 Å². The lowest BCUT2D eigenvalue weighted by Crippen LogP contribution is -2.11. The third kappa shape index (κ3) is 3.32. The van der Waals surface area contributed by atoms with E-state index >= 15 is 0 Å². The van der Waals surface area contributed by atoms with Crippen LogP contribution in [0.2, 0.25) is 0 Å². The molecule has 0 unspecified atom stereocenters. The molecule has 124 valence electrons. The Kier molecular flexibility index (Phi) is 4.38. The number of anilines is 2. The third-order valence-corrected chi connectivity index (χ3v) is 3.84. The summed E-state index contributed by atoms with van der Waals surface area (Å²) in [5, 5.41) is 4.50. The van der Waals surface area contributed by atoms with Gasteiger partial charge in [0.2, 0.25) is 0 Å². The van der Waals surface area contributed by atoms with Crippen molar-refractivity contribution in [1.82, 2.24) is 4.98 Å². The first-order valence-corrected chi connectivity index (χ1v) is 8.08. The molecule has 0 bridgehead atoms. The average Bonchev–Trinajstić information content (AvgIpc) is 2.53. The molecule has 0 saturated heterocycles. The summed E-state index contributed by atoms with van der Waals surface area (Å²) in [6.45, 7) is 4.23. The molecule has 3 nitrogen and oxygen atoms in total. The maximum atomic E-state index is 13.6. The number of rotatable bonds is 4. The summed E-state index contributed by atoms with van der Waals surface area (Å²) < 4.78 is 13.6. The van der Waals surface area contributed by atoms with Crippen molar-refractivity contribution >= 4 is 22.3 Å². The Morgan fingerprint density at radius 1 is 1.04 bits per heavy atom. The van der Waals surface area contributed by atoms with Gasteiger partial charge in [-0.2, -0.15) is 0 Å². The molecule has 0 aliphatic carbocycles. The zero-order valence-corrected chi connectivity index (χ0v) is 14.5. The van der Waals surface area contributed by atoms with Gasteiger partial charge in [0.05, 0.1) is 11.2 Å². The van der Waals surface area contributed by atoms with E-state index in [4.69, 9.17) is 4.98 Å². The molecule has 0 aliphatic rings. The standard InChI is InChI=1S/C20H22FN3/c1-13(2)22-16-8-9-18-17(11-16)20(24(3)4)12-19(23-18)14-6-5-7-15(21)10-14/h5-13,22H,1-4H3. The molecule has 4 heteroatoms. The van der Waals surface area contributed by atoms with Gasteiger partial charge in [-0.05, 0) is 50.2 Å². The highest BCUT2D eigenvalue weighted by molar-refractivity contribution is 5.96. The normalized spacial score (nSPS) is 11.1. The SMILES string of the molecule is CC(C)Nc1ccc2nc(-c3cccc(F)c3)cc(N(C)C)c2c1. The average molecular weight is 323 g/mol. The first-order chi connectivity index (χ1) is 11.4. The Bertz CT molecular complexity index is 872. The number of benzene rings is 2. The molecule has 0 atom stereocenters. The van der Waals surface area contributed by atoms with Crippen molar-refractivity contribution in [1.29, 1.82) is 0 Å². The fourth-order valence-electron chi connectivity index (χ4n) is 2.80. The summed E-state index contributed by atoms with van der Waals surface area (Å²) in [5.74, 6) is -0.253. The highest BCUT2D eigenvalue weighted by atomic mass is 19.1. The quantitative estimate of drug-likeness (QED) is 0.738. The van der Waals surface area contributed by atoms with E-state index in [9.17, 15) is 4.39 Å². The topological polar surface area (TPSA) is 28.2 Å². The number of hydrogen-bond acceptors (Lipinski definition) is 3. The first kappa shape index (κ1) is 16.2. The van der Waals surface area contributed by atoms with Crippen molar-refractivity contribution < 1.29 is 4.39 Å². The molecule has 0 fully saturated rings. The van der Waals surface area contributed by atoms with Crippen LogP contribution in [0.5, 0.6) is 0 Å².